The number of methoxy groups -OCH3 is 1. The molecule has 1 aliphatic rings. The monoisotopic (exact) mass is 304 g/mol. The minimum Gasteiger partial charge on any atom is -0.437 e. The van der Waals surface area contributed by atoms with E-state index in [1.54, 1.807) is 12.1 Å². The summed E-state index contributed by atoms with van der Waals surface area (Å²) in [4.78, 5) is 26.3. The second kappa shape index (κ2) is 6.25. The maximum Gasteiger partial charge on any atom is 0.513 e. The molecule has 0 aliphatic heterocycles. The smallest absolute Gasteiger partial charge is 0.437 e. The molecule has 2 aromatic rings. The maximum absolute atomic E-state index is 12.3. The summed E-state index contributed by atoms with van der Waals surface area (Å²) in [6.07, 6.45) is 6.10. The summed E-state index contributed by atoms with van der Waals surface area (Å²) in [6.45, 7) is 0. The van der Waals surface area contributed by atoms with Crippen LogP contribution in [0.2, 0.25) is 0 Å². The highest BCUT2D eigenvalue weighted by Gasteiger charge is 2.19. The number of aromatic amines is 1. The Morgan fingerprint density at radius 2 is 1.95 bits per heavy atom. The first kappa shape index (κ1) is 14.7. The number of fused-ring (bicyclic) bond motifs is 1. The lowest BCUT2D eigenvalue weighted by molar-refractivity contribution is 0.121. The first-order valence-electron chi connectivity index (χ1n) is 7.69. The van der Waals surface area contributed by atoms with Gasteiger partial charge in [0.25, 0.3) is 0 Å². The van der Waals surface area contributed by atoms with Crippen molar-refractivity contribution >= 4 is 17.2 Å². The molecule has 0 atom stereocenters. The Hall–Kier alpha value is -2.24. The number of carbonyl (C=O) groups excluding carboxylic acids is 1. The van der Waals surface area contributed by atoms with E-state index >= 15 is 0 Å². The SMILES string of the molecule is COC(=O)Oc1ccc2c(c1)[nH]c(=O)n2C1CCCCCC1. The third-order valence-electron chi connectivity index (χ3n) is 4.25. The zero-order valence-electron chi connectivity index (χ0n) is 12.6. The van der Waals surface area contributed by atoms with Gasteiger partial charge in [0.15, 0.2) is 0 Å². The predicted octanol–water partition coefficient (Wildman–Crippen LogP) is 3.37. The van der Waals surface area contributed by atoms with Crippen molar-refractivity contribution in [3.05, 3.63) is 28.7 Å². The van der Waals surface area contributed by atoms with Gasteiger partial charge in [-0.15, -0.1) is 0 Å². The predicted molar refractivity (Wildman–Crippen MR) is 82.3 cm³/mol. The van der Waals surface area contributed by atoms with Crippen molar-refractivity contribution in [2.75, 3.05) is 7.11 Å². The summed E-state index contributed by atoms with van der Waals surface area (Å²) in [7, 11) is 1.26. The van der Waals surface area contributed by atoms with E-state index in [0.29, 0.717) is 11.3 Å². The van der Waals surface area contributed by atoms with Crippen LogP contribution in [0.4, 0.5) is 4.79 Å². The molecule has 22 heavy (non-hydrogen) atoms. The number of benzene rings is 1. The van der Waals surface area contributed by atoms with Gasteiger partial charge >= 0.3 is 11.8 Å². The van der Waals surface area contributed by atoms with E-state index in [9.17, 15) is 9.59 Å². The van der Waals surface area contributed by atoms with Gasteiger partial charge < -0.3 is 14.5 Å². The van der Waals surface area contributed by atoms with Crippen molar-refractivity contribution in [1.29, 1.82) is 0 Å². The highest BCUT2D eigenvalue weighted by Crippen LogP contribution is 2.29. The molecule has 1 aliphatic carbocycles. The van der Waals surface area contributed by atoms with Gasteiger partial charge in [-0.25, -0.2) is 9.59 Å². The summed E-state index contributed by atoms with van der Waals surface area (Å²) in [5.74, 6) is 0.355. The first-order valence-corrected chi connectivity index (χ1v) is 7.69. The van der Waals surface area contributed by atoms with E-state index in [1.165, 1.54) is 20.0 Å². The molecule has 1 saturated carbocycles. The van der Waals surface area contributed by atoms with Crippen molar-refractivity contribution in [3.63, 3.8) is 0 Å². The molecule has 1 N–H and O–H groups in total. The summed E-state index contributed by atoms with van der Waals surface area (Å²) < 4.78 is 11.3. The Morgan fingerprint density at radius 3 is 2.64 bits per heavy atom. The van der Waals surface area contributed by atoms with Crippen molar-refractivity contribution in [3.8, 4) is 5.75 Å². The van der Waals surface area contributed by atoms with Crippen LogP contribution in [0.1, 0.15) is 44.6 Å². The van der Waals surface area contributed by atoms with Gasteiger partial charge in [-0.05, 0) is 25.0 Å². The molecule has 6 nitrogen and oxygen atoms in total. The lowest BCUT2D eigenvalue weighted by Gasteiger charge is -2.16. The number of hydrogen-bond donors (Lipinski definition) is 1. The standard InChI is InChI=1S/C16H20N2O4/c1-21-16(20)22-12-8-9-14-13(10-12)17-15(19)18(14)11-6-4-2-3-5-7-11/h8-11H,2-7H2,1H3,(H,17,19). The first-order chi connectivity index (χ1) is 10.7. The third kappa shape index (κ3) is 2.86. The van der Waals surface area contributed by atoms with Crippen LogP contribution < -0.4 is 10.4 Å². The van der Waals surface area contributed by atoms with Crippen LogP contribution >= 0.6 is 0 Å². The van der Waals surface area contributed by atoms with Crippen LogP contribution in [0.15, 0.2) is 23.0 Å². The number of H-pyrrole nitrogens is 1. The van der Waals surface area contributed by atoms with E-state index < -0.39 is 6.16 Å². The molecule has 1 heterocycles. The quantitative estimate of drug-likeness (QED) is 0.524. The van der Waals surface area contributed by atoms with Crippen LogP contribution in [0, 0.1) is 0 Å². The molecule has 0 radical (unpaired) electrons. The van der Waals surface area contributed by atoms with Gasteiger partial charge in [-0.3, -0.25) is 4.57 Å². The summed E-state index contributed by atoms with van der Waals surface area (Å²) in [5.41, 5.74) is 1.43. The van der Waals surface area contributed by atoms with Crippen LogP contribution in [-0.4, -0.2) is 22.8 Å². The molecule has 6 heteroatoms. The van der Waals surface area contributed by atoms with Gasteiger partial charge in [0.05, 0.1) is 18.1 Å². The summed E-state index contributed by atoms with van der Waals surface area (Å²) in [6, 6.07) is 5.40. The molecule has 1 fully saturated rings. The van der Waals surface area contributed by atoms with E-state index in [0.717, 1.165) is 31.2 Å². The largest absolute Gasteiger partial charge is 0.513 e. The Labute approximate surface area is 128 Å². The second-order valence-corrected chi connectivity index (χ2v) is 5.68. The molecule has 1 aromatic heterocycles. The fraction of sp³-hybridized carbons (Fsp3) is 0.500. The molecule has 118 valence electrons. The number of carbonyl (C=O) groups is 1. The van der Waals surface area contributed by atoms with Crippen LogP contribution in [0.25, 0.3) is 11.0 Å². The van der Waals surface area contributed by atoms with Crippen molar-refractivity contribution in [1.82, 2.24) is 9.55 Å². The number of nitrogens with zero attached hydrogens (tertiary/aromatic N) is 1. The third-order valence-corrected chi connectivity index (χ3v) is 4.25. The molecular weight excluding hydrogens is 284 g/mol. The molecule has 1 aromatic carbocycles. The Balaban J connectivity index is 1.96. The summed E-state index contributed by atoms with van der Waals surface area (Å²) >= 11 is 0. The molecular formula is C16H20N2O4. The topological polar surface area (TPSA) is 73.3 Å². The van der Waals surface area contributed by atoms with Crippen molar-refractivity contribution in [2.45, 2.75) is 44.6 Å². The number of imidazole rings is 1. The highest BCUT2D eigenvalue weighted by molar-refractivity contribution is 5.78. The minimum absolute atomic E-state index is 0.0999. The number of aromatic nitrogens is 2. The van der Waals surface area contributed by atoms with E-state index in [4.69, 9.17) is 4.74 Å². The van der Waals surface area contributed by atoms with E-state index in [1.807, 2.05) is 10.6 Å². The van der Waals surface area contributed by atoms with Gasteiger partial charge in [0, 0.05) is 12.1 Å². The fourth-order valence-electron chi connectivity index (χ4n) is 3.19. The Bertz CT molecular complexity index is 723. The number of ether oxygens (including phenoxy) is 2. The van der Waals surface area contributed by atoms with Gasteiger partial charge in [-0.2, -0.15) is 0 Å². The summed E-state index contributed by atoms with van der Waals surface area (Å²) in [5, 5.41) is 0. The van der Waals surface area contributed by atoms with E-state index in [2.05, 4.69) is 9.72 Å². The highest BCUT2D eigenvalue weighted by atomic mass is 16.7. The number of hydrogen-bond acceptors (Lipinski definition) is 4. The Morgan fingerprint density at radius 1 is 1.23 bits per heavy atom. The van der Waals surface area contributed by atoms with E-state index in [-0.39, 0.29) is 11.7 Å². The average Bonchev–Trinajstić information content (AvgIpc) is 2.68. The zero-order chi connectivity index (χ0) is 15.5. The molecule has 0 amide bonds. The molecule has 0 saturated heterocycles. The fourth-order valence-corrected chi connectivity index (χ4v) is 3.19. The minimum atomic E-state index is -0.773. The van der Waals surface area contributed by atoms with Gasteiger partial charge in [0.2, 0.25) is 0 Å². The molecule has 3 rings (SSSR count). The second-order valence-electron chi connectivity index (χ2n) is 5.68. The van der Waals surface area contributed by atoms with Crippen LogP contribution in [0.3, 0.4) is 0 Å². The zero-order valence-corrected chi connectivity index (χ0v) is 12.6. The number of rotatable bonds is 2. The molecule has 0 spiro atoms. The normalized spacial score (nSPS) is 16.4. The lowest BCUT2D eigenvalue weighted by atomic mass is 10.1. The van der Waals surface area contributed by atoms with Crippen LogP contribution in [-0.2, 0) is 4.74 Å². The molecule has 0 bridgehead atoms. The van der Waals surface area contributed by atoms with Crippen LogP contribution in [0.5, 0.6) is 5.75 Å². The van der Waals surface area contributed by atoms with Gasteiger partial charge in [-0.1, -0.05) is 25.7 Å². The molecule has 0 unspecified atom stereocenters. The average molecular weight is 304 g/mol. The number of nitrogens with one attached hydrogen (secondary N) is 1. The Kier molecular flexibility index (Phi) is 4.18. The maximum atomic E-state index is 12.3. The van der Waals surface area contributed by atoms with Gasteiger partial charge in [0.1, 0.15) is 5.75 Å². The van der Waals surface area contributed by atoms with Crippen molar-refractivity contribution < 1.29 is 14.3 Å². The van der Waals surface area contributed by atoms with Crippen molar-refractivity contribution in [2.24, 2.45) is 0 Å². The lowest BCUT2D eigenvalue weighted by Crippen LogP contribution is -2.21.